The molecule has 0 bridgehead atoms. The van der Waals surface area contributed by atoms with Gasteiger partial charge in [0.25, 0.3) is 11.6 Å². The second-order valence-corrected chi connectivity index (χ2v) is 8.77. The monoisotopic (exact) mass is 457 g/mol. The third-order valence-electron chi connectivity index (χ3n) is 5.05. The molecule has 1 amide bonds. The van der Waals surface area contributed by atoms with Gasteiger partial charge in [0, 0.05) is 23.0 Å². The van der Waals surface area contributed by atoms with Crippen molar-refractivity contribution in [2.24, 2.45) is 0 Å². The Morgan fingerprint density at radius 1 is 1.06 bits per heavy atom. The summed E-state index contributed by atoms with van der Waals surface area (Å²) >= 11 is 1.60. The minimum Gasteiger partial charge on any atom is -0.424 e. The van der Waals surface area contributed by atoms with Crippen LogP contribution in [-0.2, 0) is 0 Å². The first kappa shape index (κ1) is 20.8. The Morgan fingerprint density at radius 2 is 1.88 bits per heavy atom. The van der Waals surface area contributed by atoms with Crippen molar-refractivity contribution in [3.05, 3.63) is 76.6 Å². The van der Waals surface area contributed by atoms with Gasteiger partial charge in [0.1, 0.15) is 5.75 Å². The van der Waals surface area contributed by atoms with Gasteiger partial charge in [-0.2, -0.15) is 0 Å². The molecule has 0 unspecified atom stereocenters. The second-order valence-electron chi connectivity index (χ2n) is 7.48. The van der Waals surface area contributed by atoms with Crippen molar-refractivity contribution in [2.45, 2.75) is 20.8 Å². The van der Waals surface area contributed by atoms with Crippen LogP contribution in [-0.4, -0.2) is 26.0 Å². The molecule has 0 saturated carbocycles. The number of thiophene rings is 1. The van der Waals surface area contributed by atoms with Crippen molar-refractivity contribution in [3.63, 3.8) is 0 Å². The molecule has 1 aromatic carbocycles. The van der Waals surface area contributed by atoms with Crippen LogP contribution in [0.25, 0.3) is 21.7 Å². The number of nitrogens with one attached hydrogen (secondary N) is 1. The molecule has 0 radical (unpaired) electrons. The maximum atomic E-state index is 13.3. The Balaban J connectivity index is 1.46. The predicted molar refractivity (Wildman–Crippen MR) is 126 cm³/mol. The number of hydrogen-bond acceptors (Lipinski definition) is 8. The van der Waals surface area contributed by atoms with Gasteiger partial charge in [-0.3, -0.25) is 4.79 Å². The SMILES string of the molecule is Cc1ccc(-c2cc(C(=O)Nc3ccc(Oc4ncccn4)cc3C)c3c(C)noc3n2)s1. The van der Waals surface area contributed by atoms with E-state index in [2.05, 4.69) is 25.4 Å². The minimum absolute atomic E-state index is 0.257. The number of ether oxygens (including phenoxy) is 1. The van der Waals surface area contributed by atoms with Crippen molar-refractivity contribution < 1.29 is 14.1 Å². The van der Waals surface area contributed by atoms with Crippen LogP contribution in [0.2, 0.25) is 0 Å². The first-order chi connectivity index (χ1) is 16.0. The Bertz CT molecular complexity index is 1480. The van der Waals surface area contributed by atoms with E-state index in [4.69, 9.17) is 9.26 Å². The van der Waals surface area contributed by atoms with Gasteiger partial charge in [-0.25, -0.2) is 15.0 Å². The maximum absolute atomic E-state index is 13.3. The van der Waals surface area contributed by atoms with E-state index in [1.54, 1.807) is 54.9 Å². The van der Waals surface area contributed by atoms with E-state index >= 15 is 0 Å². The summed E-state index contributed by atoms with van der Waals surface area (Å²) in [7, 11) is 0. The molecular weight excluding hydrogens is 438 g/mol. The predicted octanol–water partition coefficient (Wildman–Crippen LogP) is 5.71. The van der Waals surface area contributed by atoms with Crippen LogP contribution in [0.4, 0.5) is 5.69 Å². The average molecular weight is 458 g/mol. The van der Waals surface area contributed by atoms with Crippen LogP contribution < -0.4 is 10.1 Å². The molecule has 4 heterocycles. The van der Waals surface area contributed by atoms with Crippen LogP contribution in [0.3, 0.4) is 0 Å². The Kier molecular flexibility index (Phi) is 5.31. The molecule has 0 aliphatic rings. The molecule has 1 N–H and O–H groups in total. The second kappa shape index (κ2) is 8.44. The number of carbonyl (C=O) groups excluding carboxylic acids is 1. The Morgan fingerprint density at radius 3 is 2.61 bits per heavy atom. The molecule has 5 aromatic rings. The summed E-state index contributed by atoms with van der Waals surface area (Å²) in [4.78, 5) is 28.1. The molecule has 164 valence electrons. The lowest BCUT2D eigenvalue weighted by molar-refractivity contribution is 0.102. The fourth-order valence-corrected chi connectivity index (χ4v) is 4.27. The fourth-order valence-electron chi connectivity index (χ4n) is 3.45. The highest BCUT2D eigenvalue weighted by molar-refractivity contribution is 7.15. The average Bonchev–Trinajstić information content (AvgIpc) is 3.41. The quantitative estimate of drug-likeness (QED) is 0.360. The van der Waals surface area contributed by atoms with Crippen LogP contribution >= 0.6 is 11.3 Å². The number of aryl methyl sites for hydroxylation is 3. The van der Waals surface area contributed by atoms with E-state index in [0.717, 1.165) is 15.3 Å². The summed E-state index contributed by atoms with van der Waals surface area (Å²) < 4.78 is 11.1. The van der Waals surface area contributed by atoms with Crippen LogP contribution in [0, 0.1) is 20.8 Å². The number of fused-ring (bicyclic) bond motifs is 1. The molecule has 33 heavy (non-hydrogen) atoms. The lowest BCUT2D eigenvalue weighted by Crippen LogP contribution is -2.14. The van der Waals surface area contributed by atoms with E-state index in [-0.39, 0.29) is 11.9 Å². The van der Waals surface area contributed by atoms with Crippen molar-refractivity contribution in [1.82, 2.24) is 20.1 Å². The third-order valence-corrected chi connectivity index (χ3v) is 6.08. The smallest absolute Gasteiger partial charge is 0.321 e. The van der Waals surface area contributed by atoms with Gasteiger partial charge in [-0.05, 0) is 68.8 Å². The standard InChI is InChI=1S/C24H19N5O3S/c1-13-11-16(31-24-25-9-4-10-26-24)6-7-18(13)27-22(30)17-12-19(20-8-5-14(2)33-20)28-23-21(17)15(3)29-32-23/h4-12H,1-3H3,(H,27,30). The molecule has 0 aliphatic carbocycles. The number of carbonyl (C=O) groups is 1. The Labute approximate surface area is 193 Å². The highest BCUT2D eigenvalue weighted by Crippen LogP contribution is 2.32. The molecule has 0 fully saturated rings. The summed E-state index contributed by atoms with van der Waals surface area (Å²) in [6.45, 7) is 5.71. The van der Waals surface area contributed by atoms with Crippen molar-refractivity contribution >= 4 is 34.0 Å². The van der Waals surface area contributed by atoms with E-state index in [9.17, 15) is 4.79 Å². The lowest BCUT2D eigenvalue weighted by atomic mass is 10.1. The van der Waals surface area contributed by atoms with Gasteiger partial charge in [0.2, 0.25) is 0 Å². The highest BCUT2D eigenvalue weighted by Gasteiger charge is 2.20. The summed E-state index contributed by atoms with van der Waals surface area (Å²) in [5.41, 5.74) is 3.57. The lowest BCUT2D eigenvalue weighted by Gasteiger charge is -2.11. The fraction of sp³-hybridized carbons (Fsp3) is 0.125. The number of benzene rings is 1. The van der Waals surface area contributed by atoms with Gasteiger partial charge in [0.15, 0.2) is 0 Å². The van der Waals surface area contributed by atoms with Gasteiger partial charge < -0.3 is 14.6 Å². The number of anilines is 1. The number of rotatable bonds is 5. The van der Waals surface area contributed by atoms with Gasteiger partial charge in [0.05, 0.1) is 27.2 Å². The molecule has 0 spiro atoms. The van der Waals surface area contributed by atoms with E-state index in [0.29, 0.717) is 39.5 Å². The summed E-state index contributed by atoms with van der Waals surface area (Å²) in [6.07, 6.45) is 3.22. The van der Waals surface area contributed by atoms with Crippen molar-refractivity contribution in [3.8, 4) is 22.3 Å². The number of nitrogens with zero attached hydrogens (tertiary/aromatic N) is 4. The molecule has 5 rings (SSSR count). The molecule has 0 saturated heterocycles. The number of amides is 1. The third kappa shape index (κ3) is 4.18. The van der Waals surface area contributed by atoms with Crippen LogP contribution in [0.15, 0.2) is 59.4 Å². The molecule has 0 atom stereocenters. The number of hydrogen-bond donors (Lipinski definition) is 1. The molecule has 0 aliphatic heterocycles. The molecule has 4 aromatic heterocycles. The molecular formula is C24H19N5O3S. The summed E-state index contributed by atoms with van der Waals surface area (Å²) in [5, 5.41) is 7.60. The van der Waals surface area contributed by atoms with Gasteiger partial charge >= 0.3 is 6.01 Å². The Hall–Kier alpha value is -4.11. The van der Waals surface area contributed by atoms with Crippen molar-refractivity contribution in [2.75, 3.05) is 5.32 Å². The minimum atomic E-state index is -0.272. The normalized spacial score (nSPS) is 11.0. The first-order valence-corrected chi connectivity index (χ1v) is 11.0. The highest BCUT2D eigenvalue weighted by atomic mass is 32.1. The van der Waals surface area contributed by atoms with Crippen LogP contribution in [0.1, 0.15) is 26.5 Å². The first-order valence-electron chi connectivity index (χ1n) is 10.2. The molecule has 8 nitrogen and oxygen atoms in total. The van der Waals surface area contributed by atoms with Gasteiger partial charge in [-0.15, -0.1) is 11.3 Å². The number of pyridine rings is 1. The van der Waals surface area contributed by atoms with Gasteiger partial charge in [-0.1, -0.05) is 5.16 Å². The summed E-state index contributed by atoms with van der Waals surface area (Å²) in [6, 6.07) is 13.1. The van der Waals surface area contributed by atoms with E-state index in [1.807, 2.05) is 32.0 Å². The zero-order valence-corrected chi connectivity index (χ0v) is 18.9. The van der Waals surface area contributed by atoms with E-state index in [1.165, 1.54) is 0 Å². The summed E-state index contributed by atoms with van der Waals surface area (Å²) in [5.74, 6) is 0.305. The maximum Gasteiger partial charge on any atom is 0.321 e. The van der Waals surface area contributed by atoms with Crippen molar-refractivity contribution in [1.29, 1.82) is 0 Å². The van der Waals surface area contributed by atoms with E-state index < -0.39 is 0 Å². The topological polar surface area (TPSA) is 103 Å². The largest absolute Gasteiger partial charge is 0.424 e. The zero-order chi connectivity index (χ0) is 22.9. The number of aromatic nitrogens is 4. The molecule has 9 heteroatoms. The van der Waals surface area contributed by atoms with Crippen LogP contribution in [0.5, 0.6) is 11.8 Å². The zero-order valence-electron chi connectivity index (χ0n) is 18.1.